The van der Waals surface area contributed by atoms with E-state index in [1.807, 2.05) is 6.92 Å². The third-order valence-corrected chi connectivity index (χ3v) is 3.38. The molecule has 1 aliphatic carbocycles. The molecule has 3 unspecified atom stereocenters. The minimum Gasteiger partial charge on any atom is -0.376 e. The molecule has 0 radical (unpaired) electrons. The fourth-order valence-electron chi connectivity index (χ4n) is 2.09. The molecule has 0 aromatic heterocycles. The Morgan fingerprint density at radius 1 is 1.40 bits per heavy atom. The van der Waals surface area contributed by atoms with Crippen molar-refractivity contribution < 1.29 is 9.53 Å². The molecule has 0 spiro atoms. The van der Waals surface area contributed by atoms with Crippen LogP contribution >= 0.6 is 0 Å². The van der Waals surface area contributed by atoms with E-state index in [1.165, 1.54) is 12.8 Å². The number of hydrogen-bond donors (Lipinski definition) is 2. The normalized spacial score (nSPS) is 32.7. The van der Waals surface area contributed by atoms with Crippen LogP contribution in [0.25, 0.3) is 0 Å². The van der Waals surface area contributed by atoms with Gasteiger partial charge in [0.1, 0.15) is 0 Å². The van der Waals surface area contributed by atoms with Gasteiger partial charge in [0.25, 0.3) is 0 Å². The molecule has 86 valence electrons. The molecule has 15 heavy (non-hydrogen) atoms. The second kappa shape index (κ2) is 4.49. The number of carbonyl (C=O) groups is 1. The van der Waals surface area contributed by atoms with Gasteiger partial charge < -0.3 is 15.4 Å². The fraction of sp³-hybridized carbons (Fsp3) is 0.909. The highest BCUT2D eigenvalue weighted by atomic mass is 16.5. The van der Waals surface area contributed by atoms with Crippen molar-refractivity contribution in [3.05, 3.63) is 0 Å². The summed E-state index contributed by atoms with van der Waals surface area (Å²) in [5.74, 6) is 0.779. The summed E-state index contributed by atoms with van der Waals surface area (Å²) in [5.41, 5.74) is 0. The lowest BCUT2D eigenvalue weighted by atomic mass is 10.1. The van der Waals surface area contributed by atoms with Crippen molar-refractivity contribution in [2.45, 2.75) is 44.4 Å². The van der Waals surface area contributed by atoms with E-state index in [1.54, 1.807) is 7.05 Å². The Hall–Kier alpha value is -0.610. The standard InChI is InChI=1S/C11H20N2O2/c1-7(12-2)11(14)13-9-5-6-15-10(9)8-3-4-8/h7-10,12H,3-6H2,1-2H3,(H,13,14). The zero-order valence-electron chi connectivity index (χ0n) is 9.45. The molecule has 0 aromatic carbocycles. The number of ether oxygens (including phenoxy) is 1. The molecule has 3 atom stereocenters. The molecule has 1 heterocycles. The van der Waals surface area contributed by atoms with Crippen LogP contribution in [-0.2, 0) is 9.53 Å². The zero-order chi connectivity index (χ0) is 10.8. The summed E-state index contributed by atoms with van der Waals surface area (Å²) in [5, 5.41) is 6.02. The van der Waals surface area contributed by atoms with Crippen LogP contribution in [0.15, 0.2) is 0 Å². The quantitative estimate of drug-likeness (QED) is 0.703. The number of nitrogens with one attached hydrogen (secondary N) is 2. The molecule has 4 heteroatoms. The Balaban J connectivity index is 1.84. The van der Waals surface area contributed by atoms with Crippen LogP contribution in [0.4, 0.5) is 0 Å². The Morgan fingerprint density at radius 2 is 2.13 bits per heavy atom. The van der Waals surface area contributed by atoms with E-state index >= 15 is 0 Å². The lowest BCUT2D eigenvalue weighted by Crippen LogP contribution is -2.48. The average molecular weight is 212 g/mol. The van der Waals surface area contributed by atoms with Gasteiger partial charge in [-0.25, -0.2) is 0 Å². The minimum atomic E-state index is -0.120. The van der Waals surface area contributed by atoms with Crippen molar-refractivity contribution in [2.75, 3.05) is 13.7 Å². The largest absolute Gasteiger partial charge is 0.376 e. The topological polar surface area (TPSA) is 50.4 Å². The van der Waals surface area contributed by atoms with Crippen molar-refractivity contribution in [3.63, 3.8) is 0 Å². The van der Waals surface area contributed by atoms with Gasteiger partial charge in [0.2, 0.25) is 5.91 Å². The molecule has 1 aliphatic heterocycles. The van der Waals surface area contributed by atoms with Crippen molar-refractivity contribution in [3.8, 4) is 0 Å². The van der Waals surface area contributed by atoms with Gasteiger partial charge in [-0.1, -0.05) is 0 Å². The summed E-state index contributed by atoms with van der Waals surface area (Å²) in [6.45, 7) is 2.66. The fourth-order valence-corrected chi connectivity index (χ4v) is 2.09. The maximum atomic E-state index is 11.7. The maximum absolute atomic E-state index is 11.7. The van der Waals surface area contributed by atoms with Gasteiger partial charge in [0.05, 0.1) is 18.2 Å². The summed E-state index contributed by atoms with van der Waals surface area (Å²) < 4.78 is 5.67. The first-order valence-electron chi connectivity index (χ1n) is 5.81. The van der Waals surface area contributed by atoms with Crippen LogP contribution in [0.2, 0.25) is 0 Å². The van der Waals surface area contributed by atoms with E-state index in [9.17, 15) is 4.79 Å². The maximum Gasteiger partial charge on any atom is 0.237 e. The van der Waals surface area contributed by atoms with E-state index in [0.717, 1.165) is 13.0 Å². The second-order valence-corrected chi connectivity index (χ2v) is 4.59. The minimum absolute atomic E-state index is 0.0821. The average Bonchev–Trinajstić information content (AvgIpc) is 2.99. The first kappa shape index (κ1) is 10.9. The molecule has 1 saturated heterocycles. The summed E-state index contributed by atoms with van der Waals surface area (Å²) in [6.07, 6.45) is 3.76. The lowest BCUT2D eigenvalue weighted by molar-refractivity contribution is -0.123. The van der Waals surface area contributed by atoms with Crippen molar-refractivity contribution in [2.24, 2.45) is 5.92 Å². The Morgan fingerprint density at radius 3 is 2.73 bits per heavy atom. The third kappa shape index (κ3) is 2.49. The predicted molar refractivity (Wildman–Crippen MR) is 57.5 cm³/mol. The number of rotatable bonds is 4. The highest BCUT2D eigenvalue weighted by molar-refractivity contribution is 5.81. The van der Waals surface area contributed by atoms with Gasteiger partial charge in [0.15, 0.2) is 0 Å². The Bertz CT molecular complexity index is 241. The molecule has 2 N–H and O–H groups in total. The molecule has 1 amide bonds. The van der Waals surface area contributed by atoms with Gasteiger partial charge in [-0.15, -0.1) is 0 Å². The first-order chi connectivity index (χ1) is 7.22. The number of amides is 1. The predicted octanol–water partition coefficient (Wildman–Crippen LogP) is 0.278. The lowest BCUT2D eigenvalue weighted by Gasteiger charge is -2.21. The summed E-state index contributed by atoms with van der Waals surface area (Å²) in [6, 6.07) is 0.117. The van der Waals surface area contributed by atoms with E-state index < -0.39 is 0 Å². The Kier molecular flexibility index (Phi) is 3.26. The third-order valence-electron chi connectivity index (χ3n) is 3.38. The molecule has 2 rings (SSSR count). The van der Waals surface area contributed by atoms with E-state index in [-0.39, 0.29) is 24.1 Å². The highest BCUT2D eigenvalue weighted by Gasteiger charge is 2.41. The summed E-state index contributed by atoms with van der Waals surface area (Å²) in [7, 11) is 1.80. The number of hydrogen-bond acceptors (Lipinski definition) is 3. The molecular weight excluding hydrogens is 192 g/mol. The van der Waals surface area contributed by atoms with Crippen molar-refractivity contribution in [1.82, 2.24) is 10.6 Å². The van der Waals surface area contributed by atoms with Crippen molar-refractivity contribution in [1.29, 1.82) is 0 Å². The molecule has 1 saturated carbocycles. The van der Waals surface area contributed by atoms with Gasteiger partial charge >= 0.3 is 0 Å². The summed E-state index contributed by atoms with van der Waals surface area (Å²) >= 11 is 0. The number of carbonyl (C=O) groups excluding carboxylic acids is 1. The van der Waals surface area contributed by atoms with Crippen LogP contribution < -0.4 is 10.6 Å². The molecular formula is C11H20N2O2. The highest BCUT2D eigenvalue weighted by Crippen LogP contribution is 2.38. The molecule has 2 aliphatic rings. The van der Waals surface area contributed by atoms with E-state index in [4.69, 9.17) is 4.74 Å². The smallest absolute Gasteiger partial charge is 0.237 e. The second-order valence-electron chi connectivity index (χ2n) is 4.59. The van der Waals surface area contributed by atoms with Crippen LogP contribution in [0.1, 0.15) is 26.2 Å². The molecule has 0 aromatic rings. The first-order valence-corrected chi connectivity index (χ1v) is 5.81. The van der Waals surface area contributed by atoms with Gasteiger partial charge in [-0.2, -0.15) is 0 Å². The SMILES string of the molecule is CNC(C)C(=O)NC1CCOC1C1CC1. The van der Waals surface area contributed by atoms with Crippen LogP contribution in [0.3, 0.4) is 0 Å². The van der Waals surface area contributed by atoms with Crippen LogP contribution in [-0.4, -0.2) is 37.7 Å². The van der Waals surface area contributed by atoms with E-state index in [0.29, 0.717) is 5.92 Å². The molecule has 0 bridgehead atoms. The Labute approximate surface area is 90.8 Å². The monoisotopic (exact) mass is 212 g/mol. The molecule has 2 fully saturated rings. The van der Waals surface area contributed by atoms with Gasteiger partial charge in [0, 0.05) is 6.61 Å². The van der Waals surface area contributed by atoms with Crippen LogP contribution in [0.5, 0.6) is 0 Å². The molecule has 4 nitrogen and oxygen atoms in total. The number of likely N-dealkylation sites (N-methyl/N-ethyl adjacent to an activating group) is 1. The van der Waals surface area contributed by atoms with Crippen molar-refractivity contribution >= 4 is 5.91 Å². The summed E-state index contributed by atoms with van der Waals surface area (Å²) in [4.78, 5) is 11.7. The van der Waals surface area contributed by atoms with E-state index in [2.05, 4.69) is 10.6 Å². The van der Waals surface area contributed by atoms with Crippen LogP contribution in [0, 0.1) is 5.92 Å². The van der Waals surface area contributed by atoms with Gasteiger partial charge in [-0.05, 0) is 39.2 Å². The van der Waals surface area contributed by atoms with Gasteiger partial charge in [-0.3, -0.25) is 4.79 Å². The zero-order valence-corrected chi connectivity index (χ0v) is 9.45.